The van der Waals surface area contributed by atoms with Crippen molar-refractivity contribution < 1.29 is 8.42 Å². The second-order valence-corrected chi connectivity index (χ2v) is 10.5. The summed E-state index contributed by atoms with van der Waals surface area (Å²) in [6.45, 7) is 4.80. The highest BCUT2D eigenvalue weighted by atomic mass is 32.2. The van der Waals surface area contributed by atoms with Gasteiger partial charge in [-0.25, -0.2) is 13.4 Å². The van der Waals surface area contributed by atoms with E-state index >= 15 is 0 Å². The van der Waals surface area contributed by atoms with Crippen molar-refractivity contribution >= 4 is 27.7 Å². The molecule has 0 spiro atoms. The van der Waals surface area contributed by atoms with Crippen LogP contribution in [0.3, 0.4) is 0 Å². The smallest absolute Gasteiger partial charge is 0.245 e. The van der Waals surface area contributed by atoms with E-state index in [4.69, 9.17) is 11.5 Å². The molecule has 0 aliphatic carbocycles. The van der Waals surface area contributed by atoms with Gasteiger partial charge in [-0.1, -0.05) is 49.0 Å². The molecule has 3 aromatic carbocycles. The number of para-hydroxylation sites is 1. The zero-order chi connectivity index (χ0) is 25.7. The lowest BCUT2D eigenvalue weighted by Crippen LogP contribution is -2.46. The minimum atomic E-state index is -3.98. The number of benzene rings is 3. The van der Waals surface area contributed by atoms with Crippen molar-refractivity contribution in [2.24, 2.45) is 10.7 Å². The van der Waals surface area contributed by atoms with Gasteiger partial charge < -0.3 is 16.4 Å². The van der Waals surface area contributed by atoms with Crippen LogP contribution in [0.25, 0.3) is 0 Å². The minimum Gasteiger partial charge on any atom is -0.398 e. The molecule has 1 atom stereocenters. The van der Waals surface area contributed by atoms with Gasteiger partial charge in [-0.3, -0.25) is 0 Å². The SMILES string of the molecule is C=C(CN1C[C@@H](Cc2ccccc2)N(S(=O)(=O)c2ccccc2N)Cc2cc(C#N)ccc21)N=CN. The number of rotatable bonds is 7. The zero-order valence-corrected chi connectivity index (χ0v) is 20.6. The Morgan fingerprint density at radius 2 is 1.86 bits per heavy atom. The Hall–Kier alpha value is -4.13. The molecule has 1 aliphatic heterocycles. The molecule has 4 N–H and O–H groups in total. The van der Waals surface area contributed by atoms with Gasteiger partial charge in [0.2, 0.25) is 10.0 Å². The summed E-state index contributed by atoms with van der Waals surface area (Å²) < 4.78 is 29.6. The van der Waals surface area contributed by atoms with E-state index in [1.165, 1.54) is 16.7 Å². The van der Waals surface area contributed by atoms with Gasteiger partial charge in [0.15, 0.2) is 0 Å². The number of anilines is 2. The fourth-order valence-electron chi connectivity index (χ4n) is 4.52. The van der Waals surface area contributed by atoms with Gasteiger partial charge in [0, 0.05) is 24.8 Å². The molecule has 3 aromatic rings. The highest BCUT2D eigenvalue weighted by Gasteiger charge is 2.37. The normalized spacial score (nSPS) is 16.3. The monoisotopic (exact) mass is 500 g/mol. The van der Waals surface area contributed by atoms with Gasteiger partial charge in [0.05, 0.1) is 35.9 Å². The Kier molecular flexibility index (Phi) is 7.38. The van der Waals surface area contributed by atoms with Crippen LogP contribution >= 0.6 is 0 Å². The Morgan fingerprint density at radius 1 is 1.14 bits per heavy atom. The standard InChI is InChI=1S/C27H28N6O2S/c1-20(31-19-29)16-32-18-24(14-21-7-3-2-4-8-21)33(17-23-13-22(15-28)11-12-26(23)32)36(34,35)27-10-6-5-9-25(27)30/h2-13,19,24H,1,14,16-18,30H2,(H2,29,31)/t24-/m1/s1. The van der Waals surface area contributed by atoms with Crippen molar-refractivity contribution in [1.29, 1.82) is 5.26 Å². The summed E-state index contributed by atoms with van der Waals surface area (Å²) in [5, 5.41) is 9.52. The summed E-state index contributed by atoms with van der Waals surface area (Å²) in [5.41, 5.74) is 15.3. The third-order valence-corrected chi connectivity index (χ3v) is 8.14. The summed E-state index contributed by atoms with van der Waals surface area (Å²) in [5.74, 6) is 0. The Labute approximate surface area is 211 Å². The molecule has 36 heavy (non-hydrogen) atoms. The molecule has 1 aliphatic rings. The number of sulfonamides is 1. The fraction of sp³-hybridized carbons (Fsp3) is 0.185. The Bertz CT molecular complexity index is 1430. The summed E-state index contributed by atoms with van der Waals surface area (Å²) in [7, 11) is -3.98. The van der Waals surface area contributed by atoms with Crippen molar-refractivity contribution in [3.05, 3.63) is 102 Å². The number of nitrogens with two attached hydrogens (primary N) is 2. The number of fused-ring (bicyclic) bond motifs is 1. The number of nitrogen functional groups attached to an aromatic ring is 1. The minimum absolute atomic E-state index is 0.0617. The molecule has 0 fully saturated rings. The predicted octanol–water partition coefficient (Wildman–Crippen LogP) is 3.26. The molecule has 0 aromatic heterocycles. The second kappa shape index (κ2) is 10.6. The molecular formula is C27H28N6O2S. The molecule has 0 amide bonds. The van der Waals surface area contributed by atoms with Gasteiger partial charge in [-0.2, -0.15) is 9.57 Å². The first-order valence-electron chi connectivity index (χ1n) is 11.4. The van der Waals surface area contributed by atoms with Crippen molar-refractivity contribution in [1.82, 2.24) is 4.31 Å². The van der Waals surface area contributed by atoms with E-state index < -0.39 is 16.1 Å². The largest absolute Gasteiger partial charge is 0.398 e. The first kappa shape index (κ1) is 25.0. The molecule has 9 heteroatoms. The molecule has 0 radical (unpaired) electrons. The van der Waals surface area contributed by atoms with Crippen LogP contribution in [-0.2, 0) is 23.0 Å². The quantitative estimate of drug-likeness (QED) is 0.291. The summed E-state index contributed by atoms with van der Waals surface area (Å²) in [4.78, 5) is 6.21. The summed E-state index contributed by atoms with van der Waals surface area (Å²) >= 11 is 0. The maximum absolute atomic E-state index is 14.1. The topological polar surface area (TPSA) is 129 Å². The highest BCUT2D eigenvalue weighted by molar-refractivity contribution is 7.89. The number of hydrogen-bond donors (Lipinski definition) is 2. The van der Waals surface area contributed by atoms with Gasteiger partial charge >= 0.3 is 0 Å². The molecule has 4 rings (SSSR count). The molecule has 1 heterocycles. The third kappa shape index (κ3) is 5.25. The van der Waals surface area contributed by atoms with Crippen molar-refractivity contribution in [3.8, 4) is 6.07 Å². The van der Waals surface area contributed by atoms with E-state index in [1.807, 2.05) is 41.3 Å². The molecule has 0 saturated heterocycles. The molecule has 8 nitrogen and oxygen atoms in total. The van der Waals surface area contributed by atoms with Crippen LogP contribution in [0.4, 0.5) is 11.4 Å². The first-order valence-corrected chi connectivity index (χ1v) is 12.9. The molecule has 184 valence electrons. The number of nitriles is 1. The Morgan fingerprint density at radius 3 is 2.56 bits per heavy atom. The maximum atomic E-state index is 14.1. The van der Waals surface area contributed by atoms with E-state index in [-0.39, 0.29) is 17.1 Å². The van der Waals surface area contributed by atoms with Gasteiger partial charge in [-0.15, -0.1) is 0 Å². The average Bonchev–Trinajstić information content (AvgIpc) is 3.01. The van der Waals surface area contributed by atoms with Crippen LogP contribution in [0.1, 0.15) is 16.7 Å². The van der Waals surface area contributed by atoms with E-state index in [0.717, 1.165) is 11.3 Å². The van der Waals surface area contributed by atoms with Gasteiger partial charge in [0.25, 0.3) is 0 Å². The van der Waals surface area contributed by atoms with Crippen molar-refractivity contribution in [2.75, 3.05) is 23.7 Å². The lowest BCUT2D eigenvalue weighted by molar-refractivity contribution is 0.319. The predicted molar refractivity (Wildman–Crippen MR) is 143 cm³/mol. The number of hydrogen-bond acceptors (Lipinski definition) is 6. The average molecular weight is 501 g/mol. The van der Waals surface area contributed by atoms with Crippen LogP contribution in [0, 0.1) is 11.3 Å². The number of nitrogens with zero attached hydrogens (tertiary/aromatic N) is 4. The van der Waals surface area contributed by atoms with Gasteiger partial charge in [-0.05, 0) is 47.9 Å². The van der Waals surface area contributed by atoms with E-state index in [1.54, 1.807) is 30.3 Å². The molecule has 0 bridgehead atoms. The van der Waals surface area contributed by atoms with Gasteiger partial charge in [0.1, 0.15) is 4.90 Å². The highest BCUT2D eigenvalue weighted by Crippen LogP contribution is 2.34. The van der Waals surface area contributed by atoms with Crippen molar-refractivity contribution in [3.63, 3.8) is 0 Å². The molecular weight excluding hydrogens is 472 g/mol. The zero-order valence-electron chi connectivity index (χ0n) is 19.8. The summed E-state index contributed by atoms with van der Waals surface area (Å²) in [6.07, 6.45) is 1.67. The van der Waals surface area contributed by atoms with E-state index in [2.05, 4.69) is 17.6 Å². The fourth-order valence-corrected chi connectivity index (χ4v) is 6.23. The summed E-state index contributed by atoms with van der Waals surface area (Å²) in [6, 6.07) is 23.3. The van der Waals surface area contributed by atoms with Crippen LogP contribution in [0.5, 0.6) is 0 Å². The second-order valence-electron chi connectivity index (χ2n) is 8.61. The molecule has 0 saturated carbocycles. The lowest BCUT2D eigenvalue weighted by atomic mass is 10.1. The van der Waals surface area contributed by atoms with Crippen LogP contribution in [-0.4, -0.2) is 38.2 Å². The number of aliphatic imine (C=N–C) groups is 1. The maximum Gasteiger partial charge on any atom is 0.245 e. The lowest BCUT2D eigenvalue weighted by Gasteiger charge is -2.32. The van der Waals surface area contributed by atoms with Crippen molar-refractivity contribution in [2.45, 2.75) is 23.9 Å². The van der Waals surface area contributed by atoms with E-state index in [9.17, 15) is 13.7 Å². The third-order valence-electron chi connectivity index (χ3n) is 6.16. The van der Waals surface area contributed by atoms with E-state index in [0.29, 0.717) is 36.3 Å². The molecule has 0 unspecified atom stereocenters. The van der Waals surface area contributed by atoms with Crippen LogP contribution < -0.4 is 16.4 Å². The van der Waals surface area contributed by atoms with Crippen LogP contribution in [0.15, 0.2) is 95.0 Å². The Balaban J connectivity index is 1.86. The first-order chi connectivity index (χ1) is 17.3. The van der Waals surface area contributed by atoms with Crippen LogP contribution in [0.2, 0.25) is 0 Å².